The first-order valence-corrected chi connectivity index (χ1v) is 11.9. The summed E-state index contributed by atoms with van der Waals surface area (Å²) in [6.07, 6.45) is 9.20. The van der Waals surface area contributed by atoms with Gasteiger partial charge in [0.2, 0.25) is 0 Å². The molecule has 37 heavy (non-hydrogen) atoms. The van der Waals surface area contributed by atoms with Gasteiger partial charge < -0.3 is 25.8 Å². The minimum Gasteiger partial charge on any atom is -0.457 e. The van der Waals surface area contributed by atoms with Crippen LogP contribution in [0.15, 0.2) is 67.4 Å². The van der Waals surface area contributed by atoms with Gasteiger partial charge in [-0.25, -0.2) is 24.7 Å². The van der Waals surface area contributed by atoms with Gasteiger partial charge in [0.05, 0.1) is 18.3 Å². The second-order valence-corrected chi connectivity index (χ2v) is 8.68. The second-order valence-electron chi connectivity index (χ2n) is 8.37. The van der Waals surface area contributed by atoms with E-state index in [1.165, 1.54) is 6.33 Å². The van der Waals surface area contributed by atoms with Gasteiger partial charge in [0, 0.05) is 34.9 Å². The first kappa shape index (κ1) is 25.6. The number of rotatable bonds is 10. The number of ether oxygens (including phenoxy) is 2. The molecule has 4 aromatic rings. The van der Waals surface area contributed by atoms with E-state index < -0.39 is 5.43 Å². The molecule has 0 spiro atoms. The SMILES string of the molecule is Cc1cc(Nc2ncnc3cnc(N)cc23)ccc1Oc1ccnc(N/C=C/CC(C)COC(=O)Cl)c1. The number of aromatic nitrogens is 4. The predicted octanol–water partition coefficient (Wildman–Crippen LogP) is 6.17. The first-order chi connectivity index (χ1) is 17.9. The lowest BCUT2D eigenvalue weighted by Gasteiger charge is -2.13. The fourth-order valence-corrected chi connectivity index (χ4v) is 3.52. The molecular formula is C26H26ClN7O3. The van der Waals surface area contributed by atoms with E-state index in [0.29, 0.717) is 40.9 Å². The zero-order valence-electron chi connectivity index (χ0n) is 20.3. The van der Waals surface area contributed by atoms with Crippen molar-refractivity contribution in [1.29, 1.82) is 0 Å². The van der Waals surface area contributed by atoms with Crippen LogP contribution < -0.4 is 21.1 Å². The molecule has 0 saturated carbocycles. The van der Waals surface area contributed by atoms with Crippen LogP contribution in [0.25, 0.3) is 10.9 Å². The van der Waals surface area contributed by atoms with E-state index in [4.69, 9.17) is 26.8 Å². The van der Waals surface area contributed by atoms with Crippen molar-refractivity contribution in [3.8, 4) is 11.5 Å². The van der Waals surface area contributed by atoms with E-state index in [9.17, 15) is 4.79 Å². The van der Waals surface area contributed by atoms with E-state index in [0.717, 1.165) is 16.6 Å². The molecule has 0 aliphatic carbocycles. The number of anilines is 4. The Morgan fingerprint density at radius 2 is 2.03 bits per heavy atom. The fraction of sp³-hybridized carbons (Fsp3) is 0.192. The zero-order chi connectivity index (χ0) is 26.2. The Bertz CT molecular complexity index is 1430. The van der Waals surface area contributed by atoms with Gasteiger partial charge in [-0.2, -0.15) is 0 Å². The number of aryl methyl sites for hydroxylation is 1. The monoisotopic (exact) mass is 519 g/mol. The first-order valence-electron chi connectivity index (χ1n) is 11.5. The third-order valence-electron chi connectivity index (χ3n) is 5.31. The summed E-state index contributed by atoms with van der Waals surface area (Å²) in [5, 5.41) is 7.22. The van der Waals surface area contributed by atoms with Crippen molar-refractivity contribution in [2.45, 2.75) is 20.3 Å². The maximum absolute atomic E-state index is 10.7. The van der Waals surface area contributed by atoms with E-state index in [2.05, 4.69) is 30.6 Å². The van der Waals surface area contributed by atoms with Crippen LogP contribution in [-0.2, 0) is 4.74 Å². The molecule has 0 saturated heterocycles. The highest BCUT2D eigenvalue weighted by Crippen LogP contribution is 2.30. The van der Waals surface area contributed by atoms with Crippen LogP contribution in [0.5, 0.6) is 11.5 Å². The molecule has 4 rings (SSSR count). The third kappa shape index (κ3) is 7.28. The van der Waals surface area contributed by atoms with Crippen molar-refractivity contribution in [3.63, 3.8) is 0 Å². The second kappa shape index (κ2) is 12.0. The number of benzene rings is 1. The summed E-state index contributed by atoms with van der Waals surface area (Å²) < 4.78 is 10.9. The summed E-state index contributed by atoms with van der Waals surface area (Å²) in [5.74, 6) is 3.17. The number of nitrogen functional groups attached to an aromatic ring is 1. The Labute approximate surface area is 218 Å². The maximum atomic E-state index is 10.7. The Kier molecular flexibility index (Phi) is 8.32. The summed E-state index contributed by atoms with van der Waals surface area (Å²) >= 11 is 5.19. The van der Waals surface area contributed by atoms with Crippen molar-refractivity contribution in [3.05, 3.63) is 73.0 Å². The number of fused-ring (bicyclic) bond motifs is 1. The van der Waals surface area contributed by atoms with E-state index in [1.807, 2.05) is 38.1 Å². The molecule has 1 aromatic carbocycles. The molecule has 0 radical (unpaired) electrons. The van der Waals surface area contributed by atoms with Crippen LogP contribution in [0.3, 0.4) is 0 Å². The number of hydrogen-bond acceptors (Lipinski definition) is 10. The molecule has 3 aromatic heterocycles. The summed E-state index contributed by atoms with van der Waals surface area (Å²) in [5.41, 5.74) is 7.52. The summed E-state index contributed by atoms with van der Waals surface area (Å²) in [6.45, 7) is 4.19. The minimum absolute atomic E-state index is 0.145. The molecule has 0 bridgehead atoms. The lowest BCUT2D eigenvalue weighted by atomic mass is 10.1. The molecule has 1 atom stereocenters. The average Bonchev–Trinajstić information content (AvgIpc) is 2.87. The number of halogens is 1. The van der Waals surface area contributed by atoms with Crippen LogP contribution in [0.4, 0.5) is 27.9 Å². The molecule has 0 fully saturated rings. The quantitative estimate of drug-likeness (QED) is 0.208. The van der Waals surface area contributed by atoms with E-state index in [1.54, 1.807) is 36.8 Å². The van der Waals surface area contributed by atoms with E-state index >= 15 is 0 Å². The normalized spacial score (nSPS) is 11.9. The molecule has 0 aliphatic rings. The molecule has 3 heterocycles. The highest BCUT2D eigenvalue weighted by atomic mass is 35.5. The predicted molar refractivity (Wildman–Crippen MR) is 144 cm³/mol. The summed E-state index contributed by atoms with van der Waals surface area (Å²) in [4.78, 5) is 27.6. The van der Waals surface area contributed by atoms with Gasteiger partial charge >= 0.3 is 5.43 Å². The van der Waals surface area contributed by atoms with Gasteiger partial charge in [-0.1, -0.05) is 13.0 Å². The van der Waals surface area contributed by atoms with Gasteiger partial charge in [-0.3, -0.25) is 0 Å². The number of nitrogens with zero attached hydrogens (tertiary/aromatic N) is 4. The Morgan fingerprint density at radius 3 is 2.84 bits per heavy atom. The van der Waals surface area contributed by atoms with Crippen LogP contribution in [0, 0.1) is 12.8 Å². The van der Waals surface area contributed by atoms with Crippen molar-refractivity contribution in [1.82, 2.24) is 19.9 Å². The summed E-state index contributed by atoms with van der Waals surface area (Å²) in [6, 6.07) is 11.1. The van der Waals surface area contributed by atoms with Crippen LogP contribution in [0.1, 0.15) is 18.9 Å². The number of nitrogens with one attached hydrogen (secondary N) is 2. The molecule has 11 heteroatoms. The smallest absolute Gasteiger partial charge is 0.403 e. The number of allylic oxidation sites excluding steroid dienone is 1. The lowest BCUT2D eigenvalue weighted by Crippen LogP contribution is -2.06. The van der Waals surface area contributed by atoms with Crippen LogP contribution in [-0.4, -0.2) is 32.0 Å². The topological polar surface area (TPSA) is 137 Å². The highest BCUT2D eigenvalue weighted by molar-refractivity contribution is 6.61. The standard InChI is InChI=1S/C26H26ClN7O3/c1-16(14-36-26(27)35)4-3-8-29-24-11-19(7-9-30-24)37-22-6-5-18(10-17(22)2)34-25-20-12-23(28)31-13-21(20)32-15-33-25/h3,5-13,15-16H,4,14H2,1-2H3,(H2,28,31)(H,29,30)(H,32,33,34)/b8-3+. The molecule has 0 amide bonds. The van der Waals surface area contributed by atoms with Gasteiger partial charge in [0.1, 0.15) is 35.3 Å². The van der Waals surface area contributed by atoms with Crippen molar-refractivity contribution >= 4 is 51.1 Å². The highest BCUT2D eigenvalue weighted by Gasteiger charge is 2.09. The Balaban J connectivity index is 1.38. The molecule has 1 unspecified atom stereocenters. The minimum atomic E-state index is -0.793. The molecule has 4 N–H and O–H groups in total. The Hall–Kier alpha value is -4.44. The van der Waals surface area contributed by atoms with Gasteiger partial charge in [0.25, 0.3) is 0 Å². The average molecular weight is 520 g/mol. The maximum Gasteiger partial charge on any atom is 0.403 e. The Morgan fingerprint density at radius 1 is 1.16 bits per heavy atom. The van der Waals surface area contributed by atoms with Crippen molar-refractivity contribution < 1.29 is 14.3 Å². The van der Waals surface area contributed by atoms with Gasteiger partial charge in [-0.15, -0.1) is 0 Å². The molecule has 0 aliphatic heterocycles. The number of carbonyl (C=O) groups excluding carboxylic acids is 1. The van der Waals surface area contributed by atoms with Gasteiger partial charge in [0.15, 0.2) is 0 Å². The van der Waals surface area contributed by atoms with Crippen molar-refractivity contribution in [2.75, 3.05) is 23.0 Å². The van der Waals surface area contributed by atoms with Crippen molar-refractivity contribution in [2.24, 2.45) is 5.92 Å². The fourth-order valence-electron chi connectivity index (χ4n) is 3.45. The molecular weight excluding hydrogens is 494 g/mol. The van der Waals surface area contributed by atoms with Crippen LogP contribution >= 0.6 is 11.6 Å². The number of nitrogens with two attached hydrogens (primary N) is 1. The molecule has 190 valence electrons. The van der Waals surface area contributed by atoms with E-state index in [-0.39, 0.29) is 12.5 Å². The third-order valence-corrected chi connectivity index (χ3v) is 5.42. The summed E-state index contributed by atoms with van der Waals surface area (Å²) in [7, 11) is 0. The molecule has 10 nitrogen and oxygen atoms in total. The zero-order valence-corrected chi connectivity index (χ0v) is 21.1. The van der Waals surface area contributed by atoms with Crippen LogP contribution in [0.2, 0.25) is 0 Å². The number of carbonyl (C=O) groups is 1. The lowest BCUT2D eigenvalue weighted by molar-refractivity contribution is 0.156. The number of pyridine rings is 2. The number of hydrogen-bond donors (Lipinski definition) is 3. The largest absolute Gasteiger partial charge is 0.457 e. The van der Waals surface area contributed by atoms with Gasteiger partial charge in [-0.05, 0) is 61.4 Å².